The zero-order chi connectivity index (χ0) is 8.84. The molecule has 1 aliphatic heterocycles. The molecule has 3 rings (SSSR count). The molecule has 88 valence electrons. The van der Waals surface area contributed by atoms with Crippen molar-refractivity contribution in [1.82, 2.24) is 0 Å². The van der Waals surface area contributed by atoms with Gasteiger partial charge in [-0.2, -0.15) is 6.08 Å². The fourth-order valence-corrected chi connectivity index (χ4v) is 3.12. The van der Waals surface area contributed by atoms with Crippen molar-refractivity contribution in [2.75, 3.05) is 0 Å². The number of halogens is 4. The van der Waals surface area contributed by atoms with Gasteiger partial charge in [0, 0.05) is 9.72 Å². The van der Waals surface area contributed by atoms with Gasteiger partial charge >= 0.3 is 26.2 Å². The van der Waals surface area contributed by atoms with Crippen LogP contribution < -0.4 is 37.2 Å². The maximum Gasteiger partial charge on any atom is 4.00 e. The van der Waals surface area contributed by atoms with E-state index in [0.29, 0.717) is 5.25 Å². The summed E-state index contributed by atoms with van der Waals surface area (Å²) in [6.07, 6.45) is 5.49. The molecule has 6 heteroatoms. The van der Waals surface area contributed by atoms with Crippen molar-refractivity contribution in [3.8, 4) is 0 Å². The third kappa shape index (κ3) is 3.87. The van der Waals surface area contributed by atoms with Gasteiger partial charge in [-0.1, -0.05) is 28.1 Å². The van der Waals surface area contributed by atoms with E-state index in [1.165, 1.54) is 16.7 Å². The molecule has 0 aromatic heterocycles. The molecule has 0 saturated heterocycles. The summed E-state index contributed by atoms with van der Waals surface area (Å²) in [6, 6.07) is 6.47. The zero-order valence-corrected chi connectivity index (χ0v) is 15.5. The van der Waals surface area contributed by atoms with Gasteiger partial charge in [0.15, 0.2) is 0 Å². The van der Waals surface area contributed by atoms with E-state index in [-0.39, 0.29) is 63.4 Å². The summed E-state index contributed by atoms with van der Waals surface area (Å²) < 4.78 is 1.15. The summed E-state index contributed by atoms with van der Waals surface area (Å²) in [5.74, 6) is 0. The third-order valence-corrected chi connectivity index (χ3v) is 3.88. The number of hydrogen-bond donors (Lipinski definition) is 0. The molecular weight excluding hydrogens is 442 g/mol. The maximum atomic E-state index is 3.48. The normalized spacial score (nSPS) is 17.5. The van der Waals surface area contributed by atoms with Crippen LogP contribution in [0.25, 0.3) is 6.08 Å². The second-order valence-corrected chi connectivity index (χ2v) is 5.05. The maximum absolute atomic E-state index is 3.48. The Kier molecular flexibility index (Phi) is 10.2. The zero-order valence-electron chi connectivity index (χ0n) is 8.38. The van der Waals surface area contributed by atoms with Crippen LogP contribution in [0.5, 0.6) is 0 Å². The Bertz CT molecular complexity index is 448. The molecule has 1 aromatic carbocycles. The Morgan fingerprint density at radius 1 is 1.18 bits per heavy atom. The molecule has 1 aliphatic carbocycles. The van der Waals surface area contributed by atoms with E-state index in [1.54, 1.807) is 0 Å². The van der Waals surface area contributed by atoms with Crippen LogP contribution in [-0.4, -0.2) is 0 Å². The largest absolute Gasteiger partial charge is 4.00 e. The molecule has 0 fully saturated rings. The van der Waals surface area contributed by atoms with Crippen molar-refractivity contribution >= 4 is 33.8 Å². The SMILES string of the molecule is Brc1ccc2c(c1)C=C1[C-]=CSC12.[Cl-].[Cl-].[Cl-].[Zr+4]. The molecule has 17 heavy (non-hydrogen) atoms. The first-order chi connectivity index (χ1) is 6.34. The number of allylic oxidation sites excluding steroid dienone is 1. The molecule has 0 saturated carbocycles. The van der Waals surface area contributed by atoms with Crippen molar-refractivity contribution in [3.05, 3.63) is 50.9 Å². The minimum absolute atomic E-state index is 0. The standard InChI is InChI=1S/C11H6BrS.3ClH.Zr/c12-9-1-2-10-8(6-9)5-7-3-4-13-11(7)10;;;;/h1-2,4-6,11H;3*1H;/q-1;;;;+4/p-3. The Morgan fingerprint density at radius 2 is 1.88 bits per heavy atom. The summed E-state index contributed by atoms with van der Waals surface area (Å²) in [5.41, 5.74) is 4.07. The van der Waals surface area contributed by atoms with E-state index >= 15 is 0 Å². The summed E-state index contributed by atoms with van der Waals surface area (Å²) >= 11 is 5.32. The van der Waals surface area contributed by atoms with Crippen molar-refractivity contribution < 1.29 is 63.4 Å². The third-order valence-electron chi connectivity index (χ3n) is 2.35. The van der Waals surface area contributed by atoms with Crippen LogP contribution in [0.15, 0.2) is 33.7 Å². The van der Waals surface area contributed by atoms with Gasteiger partial charge in [-0.15, -0.1) is 22.7 Å². The second-order valence-electron chi connectivity index (χ2n) is 3.15. The van der Waals surface area contributed by atoms with Crippen molar-refractivity contribution in [2.24, 2.45) is 0 Å². The minimum Gasteiger partial charge on any atom is -1.00 e. The predicted molar refractivity (Wildman–Crippen MR) is 60.3 cm³/mol. The molecule has 0 nitrogen and oxygen atoms in total. The first-order valence-corrected chi connectivity index (χ1v) is 5.83. The Morgan fingerprint density at radius 3 is 2.59 bits per heavy atom. The summed E-state index contributed by atoms with van der Waals surface area (Å²) in [4.78, 5) is 0. The molecule has 0 bridgehead atoms. The molecule has 2 aliphatic rings. The van der Waals surface area contributed by atoms with Crippen LogP contribution in [0.4, 0.5) is 0 Å². The fourth-order valence-electron chi connectivity index (χ4n) is 1.75. The quantitative estimate of drug-likeness (QED) is 0.359. The number of thioether (sulfide) groups is 1. The molecular formula is C11H6BrCl3SZr. The molecule has 1 aromatic rings. The van der Waals surface area contributed by atoms with Gasteiger partial charge in [-0.3, -0.25) is 0 Å². The van der Waals surface area contributed by atoms with Gasteiger partial charge in [-0.25, -0.2) is 11.6 Å². The van der Waals surface area contributed by atoms with Crippen LogP contribution in [0.2, 0.25) is 0 Å². The van der Waals surface area contributed by atoms with Gasteiger partial charge in [0.05, 0.1) is 0 Å². The van der Waals surface area contributed by atoms with Crippen LogP contribution in [0, 0.1) is 6.08 Å². The molecule has 1 heterocycles. The van der Waals surface area contributed by atoms with Gasteiger partial charge < -0.3 is 37.2 Å². The number of benzene rings is 1. The summed E-state index contributed by atoms with van der Waals surface area (Å²) in [6.45, 7) is 0. The average molecular weight is 448 g/mol. The monoisotopic (exact) mass is 444 g/mol. The molecule has 0 amide bonds. The van der Waals surface area contributed by atoms with Crippen molar-refractivity contribution in [1.29, 1.82) is 0 Å². The first-order valence-electron chi connectivity index (χ1n) is 4.09. The van der Waals surface area contributed by atoms with Crippen LogP contribution in [-0.2, 0) is 26.2 Å². The fraction of sp³-hybridized carbons (Fsp3) is 0.0909. The second kappa shape index (κ2) is 8.45. The van der Waals surface area contributed by atoms with E-state index in [0.717, 1.165) is 4.47 Å². The molecule has 0 spiro atoms. The van der Waals surface area contributed by atoms with Gasteiger partial charge in [0.2, 0.25) is 0 Å². The number of hydrogen-bond acceptors (Lipinski definition) is 1. The number of rotatable bonds is 0. The number of fused-ring (bicyclic) bond motifs is 3. The van der Waals surface area contributed by atoms with Gasteiger partial charge in [-0.05, 0) is 11.6 Å². The van der Waals surface area contributed by atoms with Crippen LogP contribution >= 0.6 is 27.7 Å². The van der Waals surface area contributed by atoms with E-state index in [2.05, 4.69) is 51.7 Å². The van der Waals surface area contributed by atoms with E-state index < -0.39 is 0 Å². The van der Waals surface area contributed by atoms with E-state index in [9.17, 15) is 0 Å². The van der Waals surface area contributed by atoms with E-state index in [1.807, 2.05) is 11.8 Å². The summed E-state index contributed by atoms with van der Waals surface area (Å²) in [7, 11) is 0. The molecule has 1 unspecified atom stereocenters. The van der Waals surface area contributed by atoms with E-state index in [4.69, 9.17) is 0 Å². The van der Waals surface area contributed by atoms with Crippen molar-refractivity contribution in [3.63, 3.8) is 0 Å². The Labute approximate surface area is 152 Å². The molecule has 0 N–H and O–H groups in total. The Hall–Kier alpha value is 1.28. The molecule has 0 radical (unpaired) electrons. The smallest absolute Gasteiger partial charge is 1.00 e. The topological polar surface area (TPSA) is 0 Å². The van der Waals surface area contributed by atoms with Crippen LogP contribution in [0.1, 0.15) is 16.4 Å². The van der Waals surface area contributed by atoms with Gasteiger partial charge in [0.25, 0.3) is 0 Å². The van der Waals surface area contributed by atoms with Crippen molar-refractivity contribution in [2.45, 2.75) is 5.25 Å². The first kappa shape index (κ1) is 20.6. The van der Waals surface area contributed by atoms with Crippen LogP contribution in [0.3, 0.4) is 0 Å². The Balaban J connectivity index is 0. The summed E-state index contributed by atoms with van der Waals surface area (Å²) in [5, 5.41) is 2.57. The predicted octanol–water partition coefficient (Wildman–Crippen LogP) is -5.04. The molecule has 1 atom stereocenters. The average Bonchev–Trinajstić information content (AvgIpc) is 2.62. The van der Waals surface area contributed by atoms with Gasteiger partial charge in [0.1, 0.15) is 0 Å². The minimum atomic E-state index is 0.